The van der Waals surface area contributed by atoms with Crippen LogP contribution >= 0.6 is 0 Å². The second kappa shape index (κ2) is 8.00. The molecule has 0 bridgehead atoms. The zero-order valence-electron chi connectivity index (χ0n) is 27.4. The average molecular weight is 456 g/mol. The average Bonchev–Trinajstić information content (AvgIpc) is 3.05. The van der Waals surface area contributed by atoms with E-state index in [4.69, 9.17) is 15.7 Å². The van der Waals surface area contributed by atoms with Crippen molar-refractivity contribution >= 4 is 10.8 Å². The molecule has 1 aliphatic heterocycles. The summed E-state index contributed by atoms with van der Waals surface area (Å²) in [4.78, 5) is 0. The summed E-state index contributed by atoms with van der Waals surface area (Å²) < 4.78 is 84.3. The molecule has 0 fully saturated rings. The Bertz CT molecular complexity index is 2170. The topological polar surface area (TPSA) is 9.23 Å². The molecule has 1 heteroatoms. The van der Waals surface area contributed by atoms with Gasteiger partial charge in [-0.3, -0.25) is 0 Å². The molecule has 0 aliphatic carbocycles. The fraction of sp³-hybridized carbons (Fsp3) is 0. The van der Waals surface area contributed by atoms with E-state index in [1.165, 1.54) is 0 Å². The molecule has 0 radical (unpaired) electrons. The van der Waals surface area contributed by atoms with Gasteiger partial charge in [-0.1, -0.05) is 115 Å². The number of hydrogen-bond acceptors (Lipinski definition) is 1. The molecule has 0 unspecified atom stereocenters. The lowest BCUT2D eigenvalue weighted by atomic mass is 9.89. The van der Waals surface area contributed by atoms with Crippen LogP contribution in [0.1, 0.15) is 12.3 Å². The van der Waals surface area contributed by atoms with Gasteiger partial charge in [-0.25, -0.2) is 0 Å². The SMILES string of the molecule is [2H]c1c([2H])c(-c2ccccc2-c2ccc(-c3ccccc3)cc2)c([2H])c2c1Oc1c([2H])c([2H])c([2H])c3c([2H])c([2H])c([2H])c-2c13. The van der Waals surface area contributed by atoms with E-state index in [0.29, 0.717) is 5.56 Å². The molecule has 1 aliphatic rings. The van der Waals surface area contributed by atoms with Crippen LogP contribution in [0.4, 0.5) is 0 Å². The molecule has 35 heavy (non-hydrogen) atoms. The predicted molar refractivity (Wildman–Crippen MR) is 146 cm³/mol. The number of benzene rings is 6. The Morgan fingerprint density at radius 3 is 1.91 bits per heavy atom. The van der Waals surface area contributed by atoms with Crippen molar-refractivity contribution in [1.82, 2.24) is 0 Å². The molecule has 0 aromatic heterocycles. The van der Waals surface area contributed by atoms with Gasteiger partial charge in [0, 0.05) is 10.9 Å². The summed E-state index contributed by atoms with van der Waals surface area (Å²) in [6, 6.07) is 21.5. The van der Waals surface area contributed by atoms with Crippen LogP contribution in [-0.2, 0) is 0 Å². The minimum Gasteiger partial charge on any atom is -0.456 e. The Labute approximate surface area is 217 Å². The van der Waals surface area contributed by atoms with E-state index < -0.39 is 36.3 Å². The van der Waals surface area contributed by atoms with Gasteiger partial charge in [0.05, 0.1) is 12.3 Å². The van der Waals surface area contributed by atoms with E-state index in [1.54, 1.807) is 12.1 Å². The first-order valence-electron chi connectivity index (χ1n) is 15.7. The van der Waals surface area contributed by atoms with Crippen LogP contribution in [0.25, 0.3) is 55.3 Å². The Kier molecular flexibility index (Phi) is 2.91. The number of ether oxygens (including phenoxy) is 1. The third-order valence-corrected chi connectivity index (χ3v) is 6.20. The summed E-state index contributed by atoms with van der Waals surface area (Å²) >= 11 is 0. The van der Waals surface area contributed by atoms with Gasteiger partial charge in [0.1, 0.15) is 11.5 Å². The Morgan fingerprint density at radius 1 is 0.457 bits per heavy atom. The molecule has 0 saturated carbocycles. The molecule has 164 valence electrons. The highest BCUT2D eigenvalue weighted by Gasteiger charge is 2.20. The van der Waals surface area contributed by atoms with Crippen molar-refractivity contribution in [2.45, 2.75) is 0 Å². The Hall–Kier alpha value is -4.62. The quantitative estimate of drug-likeness (QED) is 0.258. The minimum atomic E-state index is -0.514. The van der Waals surface area contributed by atoms with Crippen LogP contribution in [0.2, 0.25) is 0 Å². The van der Waals surface area contributed by atoms with Crippen molar-refractivity contribution in [3.05, 3.63) is 133 Å². The maximum absolute atomic E-state index is 9.37. The summed E-state index contributed by atoms with van der Waals surface area (Å²) in [5.41, 5.74) is 4.29. The molecule has 1 nitrogen and oxygen atoms in total. The zero-order chi connectivity index (χ0) is 31.0. The van der Waals surface area contributed by atoms with Crippen molar-refractivity contribution in [3.8, 4) is 56.0 Å². The third-order valence-electron chi connectivity index (χ3n) is 6.20. The second-order valence-electron chi connectivity index (χ2n) is 8.25. The molecule has 0 amide bonds. The van der Waals surface area contributed by atoms with Gasteiger partial charge >= 0.3 is 0 Å². The molecule has 0 N–H and O–H groups in total. The van der Waals surface area contributed by atoms with Crippen molar-refractivity contribution in [2.24, 2.45) is 0 Å². The minimum absolute atomic E-state index is 0.0105. The van der Waals surface area contributed by atoms with Crippen molar-refractivity contribution in [2.75, 3.05) is 0 Å². The van der Waals surface area contributed by atoms with Crippen LogP contribution < -0.4 is 4.74 Å². The first kappa shape index (κ1) is 12.7. The Morgan fingerprint density at radius 2 is 1.11 bits per heavy atom. The molecule has 6 aromatic rings. The fourth-order valence-corrected chi connectivity index (χ4v) is 4.51. The predicted octanol–water partition coefficient (Wildman–Crippen LogP) is 9.61. The van der Waals surface area contributed by atoms with Crippen molar-refractivity contribution in [3.63, 3.8) is 0 Å². The summed E-state index contributed by atoms with van der Waals surface area (Å²) in [5.74, 6) is -0.442. The third kappa shape index (κ3) is 3.33. The number of rotatable bonds is 3. The first-order chi connectivity index (χ1) is 21.1. The van der Waals surface area contributed by atoms with Gasteiger partial charge in [-0.2, -0.15) is 0 Å². The lowest BCUT2D eigenvalue weighted by molar-refractivity contribution is 0.487. The van der Waals surface area contributed by atoms with E-state index in [9.17, 15) is 1.37 Å². The smallest absolute Gasteiger partial charge is 0.135 e. The van der Waals surface area contributed by atoms with Gasteiger partial charge in [0.25, 0.3) is 0 Å². The van der Waals surface area contributed by atoms with E-state index in [2.05, 4.69) is 0 Å². The van der Waals surface area contributed by atoms with Gasteiger partial charge in [-0.15, -0.1) is 0 Å². The van der Waals surface area contributed by atoms with Gasteiger partial charge < -0.3 is 4.74 Å². The van der Waals surface area contributed by atoms with Gasteiger partial charge in [-0.05, 0) is 62.5 Å². The fourth-order valence-electron chi connectivity index (χ4n) is 4.51. The summed E-state index contributed by atoms with van der Waals surface area (Å²) in [6.07, 6.45) is 0. The first-order valence-corrected chi connectivity index (χ1v) is 11.2. The molecule has 0 atom stereocenters. The van der Waals surface area contributed by atoms with Gasteiger partial charge in [0.2, 0.25) is 0 Å². The summed E-state index contributed by atoms with van der Waals surface area (Å²) in [5, 5.41) is -0.0974. The highest BCUT2D eigenvalue weighted by molar-refractivity contribution is 6.04. The van der Waals surface area contributed by atoms with Crippen LogP contribution in [0, 0.1) is 0 Å². The maximum Gasteiger partial charge on any atom is 0.135 e. The van der Waals surface area contributed by atoms with E-state index >= 15 is 0 Å². The van der Waals surface area contributed by atoms with Crippen LogP contribution in [0.15, 0.2) is 133 Å². The van der Waals surface area contributed by atoms with E-state index in [1.807, 2.05) is 66.7 Å². The molecular weight excluding hydrogens is 424 g/mol. The lowest BCUT2D eigenvalue weighted by Crippen LogP contribution is -1.97. The normalized spacial score (nSPS) is 15.3. The summed E-state index contributed by atoms with van der Waals surface area (Å²) in [6.45, 7) is 0. The van der Waals surface area contributed by atoms with Crippen LogP contribution in [-0.4, -0.2) is 0 Å². The molecule has 7 rings (SSSR count). The summed E-state index contributed by atoms with van der Waals surface area (Å²) in [7, 11) is 0. The standard InChI is InChI=1S/C34H22O/c1-2-8-23(9-3-1)24-16-18-25(19-17-24)28-12-4-5-13-29(28)27-20-21-32-31(22-27)30-14-6-10-26-11-7-15-33(35-32)34(26)30/h1-22H/i6D,7D,10D,11D,14D,15D,20D,21D,22D. The number of fused-ring (bicyclic) bond motifs is 2. The Balaban J connectivity index is 1.51. The zero-order valence-corrected chi connectivity index (χ0v) is 18.4. The van der Waals surface area contributed by atoms with Gasteiger partial charge in [0.15, 0.2) is 0 Å². The molecule has 1 heterocycles. The van der Waals surface area contributed by atoms with Crippen molar-refractivity contribution in [1.29, 1.82) is 0 Å². The van der Waals surface area contributed by atoms with E-state index in [0.717, 1.165) is 22.3 Å². The van der Waals surface area contributed by atoms with E-state index in [-0.39, 0.29) is 57.1 Å². The van der Waals surface area contributed by atoms with Crippen LogP contribution in [0.5, 0.6) is 11.5 Å². The largest absolute Gasteiger partial charge is 0.456 e. The molecule has 6 aromatic carbocycles. The maximum atomic E-state index is 9.37. The molecule has 0 saturated heterocycles. The molecule has 0 spiro atoms. The van der Waals surface area contributed by atoms with Crippen molar-refractivity contribution < 1.29 is 17.1 Å². The molecular formula is C34H22O. The monoisotopic (exact) mass is 455 g/mol. The highest BCUT2D eigenvalue weighted by Crippen LogP contribution is 2.48. The second-order valence-corrected chi connectivity index (χ2v) is 8.25. The van der Waals surface area contributed by atoms with Crippen LogP contribution in [0.3, 0.4) is 0 Å². The number of hydrogen-bond donors (Lipinski definition) is 0. The lowest BCUT2D eigenvalue weighted by Gasteiger charge is -2.22. The highest BCUT2D eigenvalue weighted by atomic mass is 16.5.